The van der Waals surface area contributed by atoms with Crippen LogP contribution in [-0.2, 0) is 0 Å². The second-order valence-electron chi connectivity index (χ2n) is 3.75. The van der Waals surface area contributed by atoms with Gasteiger partial charge in [0.25, 0.3) is 5.56 Å². The first-order chi connectivity index (χ1) is 8.15. The molecule has 2 aromatic rings. The molecule has 0 saturated heterocycles. The van der Waals surface area contributed by atoms with Crippen LogP contribution in [0.4, 0.5) is 0 Å². The lowest BCUT2D eigenvalue weighted by Gasteiger charge is -2.08. The van der Waals surface area contributed by atoms with Crippen molar-refractivity contribution >= 4 is 0 Å². The molecule has 1 heterocycles. The number of nitriles is 1. The molecule has 1 aromatic carbocycles. The van der Waals surface area contributed by atoms with Gasteiger partial charge in [0, 0.05) is 0 Å². The van der Waals surface area contributed by atoms with E-state index in [1.165, 1.54) is 4.68 Å². The van der Waals surface area contributed by atoms with Gasteiger partial charge in [0.05, 0.1) is 11.4 Å². The largest absolute Gasteiger partial charge is 0.289 e. The van der Waals surface area contributed by atoms with Gasteiger partial charge in [-0.3, -0.25) is 4.79 Å². The predicted octanol–water partition coefficient (Wildman–Crippen LogP) is 1.72. The second-order valence-corrected chi connectivity index (χ2v) is 3.75. The lowest BCUT2D eigenvalue weighted by Crippen LogP contribution is -2.25. The molecule has 4 nitrogen and oxygen atoms in total. The Hall–Kier alpha value is -2.41. The first-order valence-electron chi connectivity index (χ1n) is 5.21. The molecule has 0 saturated carbocycles. The summed E-state index contributed by atoms with van der Waals surface area (Å²) in [7, 11) is 0. The molecule has 2 rings (SSSR count). The normalized spacial score (nSPS) is 9.94. The van der Waals surface area contributed by atoms with Gasteiger partial charge in [-0.1, -0.05) is 18.2 Å². The van der Waals surface area contributed by atoms with Gasteiger partial charge in [0.1, 0.15) is 11.6 Å². The zero-order valence-electron chi connectivity index (χ0n) is 9.64. The summed E-state index contributed by atoms with van der Waals surface area (Å²) in [4.78, 5) is 12.1. The zero-order chi connectivity index (χ0) is 12.4. The van der Waals surface area contributed by atoms with Crippen molar-refractivity contribution in [3.8, 4) is 11.8 Å². The molecule has 84 valence electrons. The van der Waals surface area contributed by atoms with E-state index in [4.69, 9.17) is 5.26 Å². The molecule has 0 spiro atoms. The second kappa shape index (κ2) is 4.22. The molecule has 0 amide bonds. The average molecular weight is 225 g/mol. The van der Waals surface area contributed by atoms with Crippen LogP contribution >= 0.6 is 0 Å². The highest BCUT2D eigenvalue weighted by Gasteiger charge is 2.12. The molecule has 0 unspecified atom stereocenters. The Bertz CT molecular complexity index is 651. The van der Waals surface area contributed by atoms with Crippen molar-refractivity contribution in [3.63, 3.8) is 0 Å². The fourth-order valence-corrected chi connectivity index (χ4v) is 1.59. The molecule has 4 heteroatoms. The van der Waals surface area contributed by atoms with E-state index in [-0.39, 0.29) is 11.1 Å². The minimum absolute atomic E-state index is 0.154. The summed E-state index contributed by atoms with van der Waals surface area (Å²) in [5.74, 6) is 0. The van der Waals surface area contributed by atoms with E-state index in [2.05, 4.69) is 5.10 Å². The van der Waals surface area contributed by atoms with Crippen LogP contribution in [0.2, 0.25) is 0 Å². The maximum absolute atomic E-state index is 12.1. The number of para-hydroxylation sites is 1. The fourth-order valence-electron chi connectivity index (χ4n) is 1.59. The highest BCUT2D eigenvalue weighted by Crippen LogP contribution is 2.08. The summed E-state index contributed by atoms with van der Waals surface area (Å²) in [5.41, 5.74) is 1.77. The summed E-state index contributed by atoms with van der Waals surface area (Å²) in [6.45, 7) is 3.52. The molecule has 0 bridgehead atoms. The Labute approximate surface area is 98.8 Å². The predicted molar refractivity (Wildman–Crippen MR) is 64.0 cm³/mol. The Morgan fingerprint density at radius 1 is 1.24 bits per heavy atom. The molecule has 0 aliphatic carbocycles. The molecule has 0 atom stereocenters. The minimum Gasteiger partial charge on any atom is -0.266 e. The quantitative estimate of drug-likeness (QED) is 0.742. The van der Waals surface area contributed by atoms with Crippen molar-refractivity contribution < 1.29 is 0 Å². The van der Waals surface area contributed by atoms with Crippen molar-refractivity contribution in [2.24, 2.45) is 0 Å². The van der Waals surface area contributed by atoms with Gasteiger partial charge >= 0.3 is 0 Å². The molecule has 0 aliphatic rings. The molecule has 17 heavy (non-hydrogen) atoms. The van der Waals surface area contributed by atoms with Crippen LogP contribution in [0.5, 0.6) is 0 Å². The average Bonchev–Trinajstić information content (AvgIpc) is 2.36. The van der Waals surface area contributed by atoms with E-state index >= 15 is 0 Å². The van der Waals surface area contributed by atoms with E-state index in [1.54, 1.807) is 26.0 Å². The van der Waals surface area contributed by atoms with Crippen LogP contribution in [0.3, 0.4) is 0 Å². The van der Waals surface area contributed by atoms with E-state index in [9.17, 15) is 4.79 Å². The topological polar surface area (TPSA) is 58.7 Å². The van der Waals surface area contributed by atoms with Gasteiger partial charge in [-0.25, -0.2) is 0 Å². The van der Waals surface area contributed by atoms with Gasteiger partial charge in [-0.2, -0.15) is 15.0 Å². The van der Waals surface area contributed by atoms with Crippen LogP contribution in [0, 0.1) is 25.2 Å². The van der Waals surface area contributed by atoms with Crippen molar-refractivity contribution in [1.29, 1.82) is 5.26 Å². The number of benzene rings is 1. The van der Waals surface area contributed by atoms with E-state index in [0.717, 1.165) is 0 Å². The third-order valence-electron chi connectivity index (χ3n) is 2.69. The van der Waals surface area contributed by atoms with Crippen LogP contribution in [-0.4, -0.2) is 9.78 Å². The van der Waals surface area contributed by atoms with E-state index in [1.807, 2.05) is 24.3 Å². The van der Waals surface area contributed by atoms with Gasteiger partial charge in [-0.05, 0) is 31.5 Å². The van der Waals surface area contributed by atoms with Crippen molar-refractivity contribution in [3.05, 3.63) is 57.5 Å². The summed E-state index contributed by atoms with van der Waals surface area (Å²) in [6, 6.07) is 11.0. The minimum atomic E-state index is -0.373. The third-order valence-corrected chi connectivity index (χ3v) is 2.69. The van der Waals surface area contributed by atoms with Gasteiger partial charge in [-0.15, -0.1) is 0 Å². The lowest BCUT2D eigenvalue weighted by molar-refractivity contribution is 0.773. The van der Waals surface area contributed by atoms with Crippen molar-refractivity contribution in [2.45, 2.75) is 13.8 Å². The number of hydrogen-bond donors (Lipinski definition) is 0. The smallest absolute Gasteiger partial charge is 0.266 e. The van der Waals surface area contributed by atoms with Gasteiger partial charge < -0.3 is 0 Å². The summed E-state index contributed by atoms with van der Waals surface area (Å²) in [6.07, 6.45) is 0. The van der Waals surface area contributed by atoms with Crippen LogP contribution in [0.15, 0.2) is 35.1 Å². The van der Waals surface area contributed by atoms with Gasteiger partial charge in [0.15, 0.2) is 0 Å². The third kappa shape index (κ3) is 1.83. The maximum Gasteiger partial charge on any atom is 0.289 e. The number of rotatable bonds is 1. The number of hydrogen-bond acceptors (Lipinski definition) is 3. The maximum atomic E-state index is 12.1. The van der Waals surface area contributed by atoms with E-state index in [0.29, 0.717) is 16.9 Å². The highest BCUT2D eigenvalue weighted by molar-refractivity contribution is 5.39. The van der Waals surface area contributed by atoms with Crippen LogP contribution in [0.25, 0.3) is 5.69 Å². The Morgan fingerprint density at radius 3 is 2.47 bits per heavy atom. The monoisotopic (exact) mass is 225 g/mol. The molecule has 0 radical (unpaired) electrons. The standard InChI is InChI=1S/C13H11N3O/c1-9-10(2)15-16(13(17)12(9)8-14)11-6-4-3-5-7-11/h3-7H,1-2H3. The molecular formula is C13H11N3O. The zero-order valence-corrected chi connectivity index (χ0v) is 9.64. The fraction of sp³-hybridized carbons (Fsp3) is 0.154. The van der Waals surface area contributed by atoms with E-state index < -0.39 is 0 Å². The molecule has 0 fully saturated rings. The Balaban J connectivity index is 2.79. The van der Waals surface area contributed by atoms with Crippen LogP contribution < -0.4 is 5.56 Å². The van der Waals surface area contributed by atoms with Gasteiger partial charge in [0.2, 0.25) is 0 Å². The number of aryl methyl sites for hydroxylation is 1. The molecule has 0 N–H and O–H groups in total. The first kappa shape index (κ1) is 11.1. The lowest BCUT2D eigenvalue weighted by atomic mass is 10.1. The summed E-state index contributed by atoms with van der Waals surface area (Å²) < 4.78 is 1.26. The summed E-state index contributed by atoms with van der Waals surface area (Å²) >= 11 is 0. The first-order valence-corrected chi connectivity index (χ1v) is 5.21. The Kier molecular flexibility index (Phi) is 2.75. The SMILES string of the molecule is Cc1nn(-c2ccccc2)c(=O)c(C#N)c1C. The molecular weight excluding hydrogens is 214 g/mol. The van der Waals surface area contributed by atoms with Crippen LogP contribution in [0.1, 0.15) is 16.8 Å². The molecule has 1 aromatic heterocycles. The Morgan fingerprint density at radius 2 is 1.88 bits per heavy atom. The number of aromatic nitrogens is 2. The van der Waals surface area contributed by atoms with Crippen molar-refractivity contribution in [1.82, 2.24) is 9.78 Å². The highest BCUT2D eigenvalue weighted by atomic mass is 16.1. The molecule has 0 aliphatic heterocycles. The summed E-state index contributed by atoms with van der Waals surface area (Å²) in [5, 5.41) is 13.2. The number of nitrogens with zero attached hydrogens (tertiary/aromatic N) is 3. The van der Waals surface area contributed by atoms with Crippen molar-refractivity contribution in [2.75, 3.05) is 0 Å².